The molecule has 0 aliphatic heterocycles. The van der Waals surface area contributed by atoms with E-state index in [-0.39, 0.29) is 0 Å². The zero-order valence-corrected chi connectivity index (χ0v) is 32.0. The van der Waals surface area contributed by atoms with E-state index >= 15 is 0 Å². The van der Waals surface area contributed by atoms with Crippen LogP contribution >= 0.6 is 11.3 Å². The summed E-state index contributed by atoms with van der Waals surface area (Å²) in [6, 6.07) is 69.3. The van der Waals surface area contributed by atoms with Crippen LogP contribution in [0.25, 0.3) is 115 Å². The van der Waals surface area contributed by atoms with E-state index in [1.54, 1.807) is 0 Å². The van der Waals surface area contributed by atoms with E-state index in [9.17, 15) is 0 Å². The number of hydrogen-bond acceptors (Lipinski definition) is 4. The minimum atomic E-state index is 0.628. The number of benzene rings is 9. The second kappa shape index (κ2) is 13.1. The van der Waals surface area contributed by atoms with E-state index in [4.69, 9.17) is 15.0 Å². The Bertz CT molecular complexity index is 3580. The molecule has 9 aromatic carbocycles. The zero-order chi connectivity index (χ0) is 38.2. The Labute approximate surface area is 338 Å². The zero-order valence-electron chi connectivity index (χ0n) is 31.2. The minimum absolute atomic E-state index is 0.628. The molecule has 0 aliphatic carbocycles. The molecule has 12 aromatic rings. The highest BCUT2D eigenvalue weighted by molar-refractivity contribution is 7.25. The fourth-order valence-corrected chi connectivity index (χ4v) is 9.82. The Morgan fingerprint density at radius 2 is 1.00 bits per heavy atom. The maximum Gasteiger partial charge on any atom is 0.164 e. The molecule has 0 bridgehead atoms. The molecule has 0 fully saturated rings. The first-order chi connectivity index (χ1) is 28.7. The van der Waals surface area contributed by atoms with Gasteiger partial charge in [0.2, 0.25) is 0 Å². The summed E-state index contributed by atoms with van der Waals surface area (Å²) in [7, 11) is 0. The molecular formula is C53H32N4S. The smallest absolute Gasteiger partial charge is 0.164 e. The SMILES string of the molecule is c1ccc(-c2nc(-c3ccc4ccccc4c3)nc(-c3ccc(-n4c5ccccc5c5cc6ccccc6cc54)cc3-c3cccc4sc5ccccc5c34)n2)cc1. The van der Waals surface area contributed by atoms with Crippen molar-refractivity contribution in [3.63, 3.8) is 0 Å². The molecule has 0 atom stereocenters. The summed E-state index contributed by atoms with van der Waals surface area (Å²) in [4.78, 5) is 15.7. The number of fused-ring (bicyclic) bond motifs is 8. The van der Waals surface area contributed by atoms with Crippen LogP contribution in [0, 0.1) is 0 Å². The van der Waals surface area contributed by atoms with Crippen LogP contribution in [-0.2, 0) is 0 Å². The van der Waals surface area contributed by atoms with Crippen LogP contribution in [0.2, 0.25) is 0 Å². The monoisotopic (exact) mass is 756 g/mol. The second-order valence-corrected chi connectivity index (χ2v) is 15.9. The van der Waals surface area contributed by atoms with Gasteiger partial charge in [0.15, 0.2) is 17.5 Å². The minimum Gasteiger partial charge on any atom is -0.309 e. The summed E-state index contributed by atoms with van der Waals surface area (Å²) in [5, 5.41) is 9.71. The Morgan fingerprint density at radius 3 is 1.84 bits per heavy atom. The first-order valence-corrected chi connectivity index (χ1v) is 20.3. The molecule has 4 nitrogen and oxygen atoms in total. The van der Waals surface area contributed by atoms with Crippen LogP contribution in [0.5, 0.6) is 0 Å². The van der Waals surface area contributed by atoms with Crippen molar-refractivity contribution in [1.29, 1.82) is 0 Å². The molecule has 0 saturated carbocycles. The predicted molar refractivity (Wildman–Crippen MR) is 244 cm³/mol. The lowest BCUT2D eigenvalue weighted by atomic mass is 9.94. The Kier molecular flexibility index (Phi) is 7.37. The normalized spacial score (nSPS) is 11.8. The number of aromatic nitrogens is 4. The van der Waals surface area contributed by atoms with Gasteiger partial charge in [0.1, 0.15) is 0 Å². The van der Waals surface area contributed by atoms with E-state index in [1.807, 2.05) is 29.5 Å². The van der Waals surface area contributed by atoms with Gasteiger partial charge >= 0.3 is 0 Å². The van der Waals surface area contributed by atoms with Crippen molar-refractivity contribution >= 4 is 74.9 Å². The Hall–Kier alpha value is -7.47. The summed E-state index contributed by atoms with van der Waals surface area (Å²) in [5.41, 5.74) is 8.44. The van der Waals surface area contributed by atoms with Crippen LogP contribution < -0.4 is 0 Å². The maximum atomic E-state index is 5.32. The third kappa shape index (κ3) is 5.25. The van der Waals surface area contributed by atoms with Crippen LogP contribution in [-0.4, -0.2) is 19.5 Å². The molecular weight excluding hydrogens is 725 g/mol. The molecule has 0 saturated heterocycles. The standard InChI is InChI=1S/C53H32N4S/c1-2-14-34(15-3-1)51-54-52(38-26-25-33-13-4-5-16-35(33)29-38)56-53(55-51)42-28-27-39(32-44(42)41-21-12-24-49-50(41)43-20-9-11-23-48(43)58-49)57-46-22-10-8-19-40(46)45-30-36-17-6-7-18-37(36)31-47(45)57/h1-32H. The summed E-state index contributed by atoms with van der Waals surface area (Å²) < 4.78 is 4.93. The molecule has 5 heteroatoms. The van der Waals surface area contributed by atoms with Gasteiger partial charge in [0.05, 0.1) is 11.0 Å². The van der Waals surface area contributed by atoms with Crippen molar-refractivity contribution in [3.8, 4) is 51.0 Å². The number of rotatable bonds is 5. The molecule has 0 radical (unpaired) electrons. The summed E-state index contributed by atoms with van der Waals surface area (Å²) in [6.07, 6.45) is 0. The van der Waals surface area contributed by atoms with Gasteiger partial charge in [-0.3, -0.25) is 0 Å². The highest BCUT2D eigenvalue weighted by atomic mass is 32.1. The molecule has 3 aromatic heterocycles. The summed E-state index contributed by atoms with van der Waals surface area (Å²) >= 11 is 1.83. The average Bonchev–Trinajstić information content (AvgIpc) is 3.83. The maximum absolute atomic E-state index is 5.32. The van der Waals surface area contributed by atoms with Crippen molar-refractivity contribution in [1.82, 2.24) is 19.5 Å². The molecule has 0 spiro atoms. The lowest BCUT2D eigenvalue weighted by Gasteiger charge is -2.16. The lowest BCUT2D eigenvalue weighted by molar-refractivity contribution is 1.07. The Morgan fingerprint density at radius 1 is 0.345 bits per heavy atom. The molecule has 58 heavy (non-hydrogen) atoms. The van der Waals surface area contributed by atoms with Crippen LogP contribution in [0.4, 0.5) is 0 Å². The largest absolute Gasteiger partial charge is 0.309 e. The predicted octanol–water partition coefficient (Wildman–Crippen LogP) is 14.3. The molecule has 0 amide bonds. The first-order valence-electron chi connectivity index (χ1n) is 19.5. The number of thiophene rings is 1. The lowest BCUT2D eigenvalue weighted by Crippen LogP contribution is -2.02. The van der Waals surface area contributed by atoms with Crippen molar-refractivity contribution in [2.45, 2.75) is 0 Å². The van der Waals surface area contributed by atoms with E-state index in [0.717, 1.165) is 44.4 Å². The van der Waals surface area contributed by atoms with Gasteiger partial charge < -0.3 is 4.57 Å². The molecule has 0 aliphatic rings. The summed E-state index contributed by atoms with van der Waals surface area (Å²) in [6.45, 7) is 0. The quantitative estimate of drug-likeness (QED) is 0.176. The van der Waals surface area contributed by atoms with Crippen LogP contribution in [0.1, 0.15) is 0 Å². The van der Waals surface area contributed by atoms with Gasteiger partial charge in [-0.25, -0.2) is 15.0 Å². The first kappa shape index (κ1) is 32.7. The molecule has 12 rings (SSSR count). The van der Waals surface area contributed by atoms with Crippen molar-refractivity contribution in [3.05, 3.63) is 194 Å². The topological polar surface area (TPSA) is 43.6 Å². The van der Waals surface area contributed by atoms with Crippen LogP contribution in [0.3, 0.4) is 0 Å². The molecule has 0 unspecified atom stereocenters. The second-order valence-electron chi connectivity index (χ2n) is 14.8. The van der Waals surface area contributed by atoms with Gasteiger partial charge in [0, 0.05) is 53.3 Å². The number of nitrogens with zero attached hydrogens (tertiary/aromatic N) is 4. The van der Waals surface area contributed by atoms with E-state index in [0.29, 0.717) is 17.5 Å². The number of hydrogen-bond donors (Lipinski definition) is 0. The molecule has 3 heterocycles. The molecule has 0 N–H and O–H groups in total. The van der Waals surface area contributed by atoms with Crippen LogP contribution in [0.15, 0.2) is 194 Å². The molecule has 270 valence electrons. The van der Waals surface area contributed by atoms with Crippen molar-refractivity contribution in [2.24, 2.45) is 0 Å². The highest BCUT2D eigenvalue weighted by Gasteiger charge is 2.21. The van der Waals surface area contributed by atoms with Gasteiger partial charge in [-0.15, -0.1) is 11.3 Å². The van der Waals surface area contributed by atoms with Gasteiger partial charge in [-0.2, -0.15) is 0 Å². The van der Waals surface area contributed by atoms with Crippen molar-refractivity contribution < 1.29 is 0 Å². The average molecular weight is 757 g/mol. The fourth-order valence-electron chi connectivity index (χ4n) is 8.69. The van der Waals surface area contributed by atoms with E-state index < -0.39 is 0 Å². The van der Waals surface area contributed by atoms with Crippen molar-refractivity contribution in [2.75, 3.05) is 0 Å². The van der Waals surface area contributed by atoms with Gasteiger partial charge in [0.25, 0.3) is 0 Å². The number of para-hydroxylation sites is 1. The highest BCUT2D eigenvalue weighted by Crippen LogP contribution is 2.44. The van der Waals surface area contributed by atoms with E-state index in [1.165, 1.54) is 52.6 Å². The Balaban J connectivity index is 1.16. The third-order valence-corrected chi connectivity index (χ3v) is 12.5. The van der Waals surface area contributed by atoms with Gasteiger partial charge in [-0.1, -0.05) is 140 Å². The summed E-state index contributed by atoms with van der Waals surface area (Å²) in [5.74, 6) is 1.90. The van der Waals surface area contributed by atoms with E-state index in [2.05, 4.69) is 180 Å². The fraction of sp³-hybridized carbons (Fsp3) is 0. The van der Waals surface area contributed by atoms with Gasteiger partial charge in [-0.05, 0) is 87.3 Å². The third-order valence-electron chi connectivity index (χ3n) is 11.4.